The quantitative estimate of drug-likeness (QED) is 0.371. The number of amidine groups is 1. The van der Waals surface area contributed by atoms with Crippen molar-refractivity contribution in [1.29, 1.82) is 0 Å². The van der Waals surface area contributed by atoms with Crippen molar-refractivity contribution in [2.24, 2.45) is 22.2 Å². The number of benzene rings is 2. The number of likely N-dealkylation sites (tertiary alicyclic amines) is 1. The second kappa shape index (κ2) is 10.1. The van der Waals surface area contributed by atoms with Crippen LogP contribution in [0.5, 0.6) is 0 Å². The predicted octanol–water partition coefficient (Wildman–Crippen LogP) is 3.38. The Balaban J connectivity index is 1.97. The predicted molar refractivity (Wildman–Crippen MR) is 123 cm³/mol. The fourth-order valence-corrected chi connectivity index (χ4v) is 3.71. The molecule has 1 aliphatic rings. The van der Waals surface area contributed by atoms with Crippen LogP contribution in [0.2, 0.25) is 0 Å². The molecule has 1 saturated heterocycles. The molecule has 1 fully saturated rings. The average Bonchev–Trinajstić information content (AvgIpc) is 3.28. The van der Waals surface area contributed by atoms with Crippen LogP contribution in [0.4, 0.5) is 0 Å². The summed E-state index contributed by atoms with van der Waals surface area (Å²) in [7, 11) is 0. The van der Waals surface area contributed by atoms with Crippen molar-refractivity contribution in [2.45, 2.75) is 12.8 Å². The monoisotopic (exact) mass is 409 g/mol. The molecule has 0 unspecified atom stereocenters. The molecule has 0 saturated carbocycles. The maximum atomic E-state index is 6.72. The summed E-state index contributed by atoms with van der Waals surface area (Å²) in [6.45, 7) is 3.69. The summed E-state index contributed by atoms with van der Waals surface area (Å²) < 4.78 is 0. The number of halogens is 1. The molecule has 0 aliphatic carbocycles. The molecular weight excluding hydrogens is 382 g/mol. The Hall–Kier alpha value is -2.76. The van der Waals surface area contributed by atoms with E-state index >= 15 is 0 Å². The summed E-state index contributed by atoms with van der Waals surface area (Å²) in [5.41, 5.74) is 22.2. The summed E-state index contributed by atoms with van der Waals surface area (Å²) in [5.74, 6) is 0.300. The van der Waals surface area contributed by atoms with Crippen LogP contribution in [0.25, 0.3) is 11.4 Å². The minimum atomic E-state index is 0.300. The molecule has 0 bridgehead atoms. The molecule has 0 aromatic heterocycles. The van der Waals surface area contributed by atoms with Gasteiger partial charge in [0.15, 0.2) is 0 Å². The van der Waals surface area contributed by atoms with Gasteiger partial charge in [0.25, 0.3) is 0 Å². The first-order chi connectivity index (χ1) is 14.1. The Kier molecular flexibility index (Phi) is 7.33. The van der Waals surface area contributed by atoms with Crippen molar-refractivity contribution < 1.29 is 0 Å². The van der Waals surface area contributed by atoms with Gasteiger partial charge in [-0.25, -0.2) is 0 Å². The lowest BCUT2D eigenvalue weighted by Gasteiger charge is -2.16. The van der Waals surface area contributed by atoms with Crippen LogP contribution in [0.3, 0.4) is 0 Å². The van der Waals surface area contributed by atoms with Crippen LogP contribution in [0.1, 0.15) is 24.0 Å². The standard InChI is InChI=1S/C23H28ClN5/c24-20(22(26)18-11-5-2-6-12-18)19(21(25)17-9-3-1-4-10-17)23(27)28-13-16-29-14-7-8-15-29/h1-6,9-12H,7-8,13-16,25-26H2,(H2,27,28)/b21-19?,22-20+. The Morgan fingerprint density at radius 2 is 1.34 bits per heavy atom. The summed E-state index contributed by atoms with van der Waals surface area (Å²) in [4.78, 5) is 6.96. The molecule has 0 spiro atoms. The summed E-state index contributed by atoms with van der Waals surface area (Å²) in [5, 5.41) is 0.306. The third-order valence-corrected chi connectivity index (χ3v) is 5.44. The van der Waals surface area contributed by atoms with Gasteiger partial charge in [0, 0.05) is 6.54 Å². The smallest absolute Gasteiger partial charge is 0.129 e. The lowest BCUT2D eigenvalue weighted by Crippen LogP contribution is -2.25. The molecule has 1 aliphatic heterocycles. The number of nitrogens with zero attached hydrogens (tertiary/aromatic N) is 2. The van der Waals surface area contributed by atoms with Gasteiger partial charge in [-0.2, -0.15) is 0 Å². The molecule has 3 rings (SSSR count). The zero-order valence-corrected chi connectivity index (χ0v) is 17.3. The first-order valence-electron chi connectivity index (χ1n) is 9.86. The lowest BCUT2D eigenvalue weighted by atomic mass is 10.0. The topological polar surface area (TPSA) is 93.7 Å². The van der Waals surface area contributed by atoms with E-state index < -0.39 is 0 Å². The SMILES string of the molecule is NC(=NCCN1CCCC1)C(=C(N)c1ccccc1)/C(Cl)=C(\N)c1ccccc1. The van der Waals surface area contributed by atoms with Gasteiger partial charge >= 0.3 is 0 Å². The van der Waals surface area contributed by atoms with Gasteiger partial charge in [-0.1, -0.05) is 72.3 Å². The zero-order valence-electron chi connectivity index (χ0n) is 16.5. The van der Waals surface area contributed by atoms with Crippen LogP contribution in [0, 0.1) is 0 Å². The largest absolute Gasteiger partial charge is 0.398 e. The van der Waals surface area contributed by atoms with E-state index in [-0.39, 0.29) is 0 Å². The number of nitrogens with two attached hydrogens (primary N) is 3. The Bertz CT molecular complexity index is 897. The van der Waals surface area contributed by atoms with Gasteiger partial charge < -0.3 is 22.1 Å². The minimum Gasteiger partial charge on any atom is -0.398 e. The fourth-order valence-electron chi connectivity index (χ4n) is 3.41. The molecule has 1 heterocycles. The first kappa shape index (κ1) is 21.0. The molecule has 0 radical (unpaired) electrons. The fraction of sp³-hybridized carbons (Fsp3) is 0.261. The molecule has 29 heavy (non-hydrogen) atoms. The van der Waals surface area contributed by atoms with Gasteiger partial charge in [-0.3, -0.25) is 4.99 Å². The highest BCUT2D eigenvalue weighted by Crippen LogP contribution is 2.28. The Labute approximate surface area is 177 Å². The van der Waals surface area contributed by atoms with Gasteiger partial charge in [0.1, 0.15) is 5.84 Å². The van der Waals surface area contributed by atoms with Crippen LogP contribution in [0.15, 0.2) is 76.3 Å². The highest BCUT2D eigenvalue weighted by atomic mass is 35.5. The highest BCUT2D eigenvalue weighted by Gasteiger charge is 2.18. The zero-order chi connectivity index (χ0) is 20.6. The van der Waals surface area contributed by atoms with Crippen molar-refractivity contribution in [1.82, 2.24) is 4.90 Å². The van der Waals surface area contributed by atoms with E-state index in [1.807, 2.05) is 60.7 Å². The second-order valence-electron chi connectivity index (χ2n) is 7.06. The minimum absolute atomic E-state index is 0.300. The van der Waals surface area contributed by atoms with E-state index in [1.54, 1.807) is 0 Å². The number of aliphatic imine (C=N–C) groups is 1. The van der Waals surface area contributed by atoms with Gasteiger partial charge in [-0.05, 0) is 37.1 Å². The van der Waals surface area contributed by atoms with Gasteiger partial charge in [-0.15, -0.1) is 0 Å². The molecule has 2 aromatic rings. The van der Waals surface area contributed by atoms with E-state index in [1.165, 1.54) is 12.8 Å². The van der Waals surface area contributed by atoms with E-state index in [0.29, 0.717) is 34.4 Å². The van der Waals surface area contributed by atoms with E-state index in [2.05, 4.69) is 9.89 Å². The lowest BCUT2D eigenvalue weighted by molar-refractivity contribution is 0.349. The van der Waals surface area contributed by atoms with Crippen molar-refractivity contribution >= 4 is 28.8 Å². The molecular formula is C23H28ClN5. The maximum Gasteiger partial charge on any atom is 0.129 e. The third-order valence-electron chi connectivity index (χ3n) is 5.05. The maximum absolute atomic E-state index is 6.72. The summed E-state index contributed by atoms with van der Waals surface area (Å²) in [6.07, 6.45) is 2.49. The van der Waals surface area contributed by atoms with Crippen LogP contribution >= 0.6 is 11.6 Å². The van der Waals surface area contributed by atoms with E-state index in [0.717, 1.165) is 30.8 Å². The van der Waals surface area contributed by atoms with Crippen LogP contribution < -0.4 is 17.2 Å². The van der Waals surface area contributed by atoms with Crippen molar-refractivity contribution in [3.05, 3.63) is 82.4 Å². The molecule has 2 aromatic carbocycles. The Morgan fingerprint density at radius 1 is 0.828 bits per heavy atom. The van der Waals surface area contributed by atoms with Crippen molar-refractivity contribution in [3.8, 4) is 0 Å². The molecule has 0 amide bonds. The average molecular weight is 410 g/mol. The number of hydrogen-bond donors (Lipinski definition) is 3. The molecule has 152 valence electrons. The first-order valence-corrected chi connectivity index (χ1v) is 10.2. The van der Waals surface area contributed by atoms with Gasteiger partial charge in [0.05, 0.1) is 28.5 Å². The normalized spacial score (nSPS) is 17.1. The van der Waals surface area contributed by atoms with Crippen molar-refractivity contribution in [2.75, 3.05) is 26.2 Å². The third kappa shape index (κ3) is 5.40. The highest BCUT2D eigenvalue weighted by molar-refractivity contribution is 6.39. The van der Waals surface area contributed by atoms with Gasteiger partial charge in [0.2, 0.25) is 0 Å². The van der Waals surface area contributed by atoms with Crippen LogP contribution in [-0.2, 0) is 0 Å². The second-order valence-corrected chi connectivity index (χ2v) is 7.44. The summed E-state index contributed by atoms with van der Waals surface area (Å²) in [6, 6.07) is 19.1. The summed E-state index contributed by atoms with van der Waals surface area (Å²) >= 11 is 6.72. The molecule has 6 heteroatoms. The number of hydrogen-bond acceptors (Lipinski definition) is 4. The Morgan fingerprint density at radius 3 is 1.90 bits per heavy atom. The van der Waals surface area contributed by atoms with Crippen molar-refractivity contribution in [3.63, 3.8) is 0 Å². The molecule has 0 atom stereocenters. The number of rotatable bonds is 7. The van der Waals surface area contributed by atoms with E-state index in [4.69, 9.17) is 28.8 Å². The molecule has 6 N–H and O–H groups in total. The van der Waals surface area contributed by atoms with Crippen LogP contribution in [-0.4, -0.2) is 36.9 Å². The molecule has 5 nitrogen and oxygen atoms in total. The van der Waals surface area contributed by atoms with E-state index in [9.17, 15) is 0 Å².